The second-order valence-corrected chi connectivity index (χ2v) is 5.14. The summed E-state index contributed by atoms with van der Waals surface area (Å²) in [4.78, 5) is 21.3. The first-order chi connectivity index (χ1) is 7.70. The van der Waals surface area contributed by atoms with Crippen molar-refractivity contribution in [1.29, 1.82) is 0 Å². The third-order valence-corrected chi connectivity index (χ3v) is 3.59. The Hall–Kier alpha value is -1.19. The summed E-state index contributed by atoms with van der Waals surface area (Å²) in [5.74, 6) is -1.83. The topological polar surface area (TPSA) is 113 Å². The summed E-state index contributed by atoms with van der Waals surface area (Å²) in [6.07, 6.45) is -0.315. The summed E-state index contributed by atoms with van der Waals surface area (Å²) >= 11 is 0. The summed E-state index contributed by atoms with van der Waals surface area (Å²) in [6.45, 7) is 1.15. The second-order valence-electron chi connectivity index (χ2n) is 3.33. The zero-order valence-electron chi connectivity index (χ0n) is 9.84. The summed E-state index contributed by atoms with van der Waals surface area (Å²) in [5.41, 5.74) is 0. The van der Waals surface area contributed by atoms with Crippen molar-refractivity contribution in [2.75, 3.05) is 20.7 Å². The molecule has 1 atom stereocenters. The van der Waals surface area contributed by atoms with Crippen LogP contribution < -0.4 is 4.72 Å². The number of aliphatic carboxylic acids is 1. The van der Waals surface area contributed by atoms with E-state index in [0.29, 0.717) is 0 Å². The maximum Gasteiger partial charge on any atom is 0.323 e. The minimum Gasteiger partial charge on any atom is -0.481 e. The number of carbonyl (C=O) groups is 2. The lowest BCUT2D eigenvalue weighted by Gasteiger charge is -2.19. The number of hydrogen-bond acceptors (Lipinski definition) is 5. The number of carbonyl (C=O) groups excluding carboxylic acids is 1. The Bertz CT molecular complexity index is 379. The fourth-order valence-electron chi connectivity index (χ4n) is 0.912. The van der Waals surface area contributed by atoms with Crippen molar-refractivity contribution in [2.45, 2.75) is 19.4 Å². The summed E-state index contributed by atoms with van der Waals surface area (Å²) in [5, 5.41) is 8.42. The number of methoxy groups -OCH3 is 1. The van der Waals surface area contributed by atoms with E-state index in [1.54, 1.807) is 0 Å². The zero-order chi connectivity index (χ0) is 13.6. The molecule has 0 saturated carbocycles. The van der Waals surface area contributed by atoms with Gasteiger partial charge in [0, 0.05) is 13.6 Å². The Kier molecular flexibility index (Phi) is 6.07. The molecule has 17 heavy (non-hydrogen) atoms. The molecule has 100 valence electrons. The van der Waals surface area contributed by atoms with Crippen LogP contribution in [0.25, 0.3) is 0 Å². The highest BCUT2D eigenvalue weighted by Crippen LogP contribution is 1.99. The highest BCUT2D eigenvalue weighted by Gasteiger charge is 2.24. The average molecular weight is 268 g/mol. The first-order valence-electron chi connectivity index (χ1n) is 4.74. The molecule has 0 aromatic rings. The van der Waals surface area contributed by atoms with Crippen LogP contribution in [0.4, 0.5) is 0 Å². The van der Waals surface area contributed by atoms with Gasteiger partial charge in [0.2, 0.25) is 0 Å². The van der Waals surface area contributed by atoms with E-state index in [2.05, 4.69) is 9.46 Å². The van der Waals surface area contributed by atoms with Crippen LogP contribution in [-0.4, -0.2) is 56.5 Å². The van der Waals surface area contributed by atoms with Gasteiger partial charge in [-0.3, -0.25) is 9.59 Å². The third kappa shape index (κ3) is 5.61. The smallest absolute Gasteiger partial charge is 0.323 e. The molecule has 0 aliphatic rings. The van der Waals surface area contributed by atoms with Crippen LogP contribution in [0, 0.1) is 0 Å². The normalized spacial score (nSPS) is 13.4. The van der Waals surface area contributed by atoms with Crippen molar-refractivity contribution in [2.24, 2.45) is 0 Å². The number of esters is 1. The van der Waals surface area contributed by atoms with Crippen LogP contribution >= 0.6 is 0 Å². The highest BCUT2D eigenvalue weighted by atomic mass is 32.2. The van der Waals surface area contributed by atoms with Gasteiger partial charge in [0.1, 0.15) is 6.04 Å². The van der Waals surface area contributed by atoms with Gasteiger partial charge in [-0.2, -0.15) is 17.4 Å². The standard InChI is InChI=1S/C8H16N2O6S/c1-6(8(13)16-3)9-17(14,15)10(2)5-4-7(11)12/h6,9H,4-5H2,1-3H3,(H,11,12)/t6-/m0/s1. The summed E-state index contributed by atoms with van der Waals surface area (Å²) < 4.78 is 30.4. The molecule has 0 fully saturated rings. The first-order valence-corrected chi connectivity index (χ1v) is 6.18. The SMILES string of the molecule is COC(=O)[C@H](C)NS(=O)(=O)N(C)CCC(=O)O. The minimum absolute atomic E-state index is 0.182. The van der Waals surface area contributed by atoms with Gasteiger partial charge >= 0.3 is 11.9 Å². The molecule has 0 unspecified atom stereocenters. The van der Waals surface area contributed by atoms with Crippen molar-refractivity contribution in [3.63, 3.8) is 0 Å². The molecule has 0 aromatic carbocycles. The van der Waals surface area contributed by atoms with Gasteiger partial charge in [0.25, 0.3) is 10.2 Å². The van der Waals surface area contributed by atoms with E-state index in [4.69, 9.17) is 5.11 Å². The Morgan fingerprint density at radius 2 is 2.00 bits per heavy atom. The lowest BCUT2D eigenvalue weighted by atomic mass is 10.4. The molecule has 0 aliphatic heterocycles. The van der Waals surface area contributed by atoms with E-state index in [-0.39, 0.29) is 13.0 Å². The molecular weight excluding hydrogens is 252 g/mol. The van der Waals surface area contributed by atoms with E-state index >= 15 is 0 Å². The van der Waals surface area contributed by atoms with Gasteiger partial charge in [-0.05, 0) is 6.92 Å². The molecule has 0 heterocycles. The van der Waals surface area contributed by atoms with Crippen LogP contribution in [0.15, 0.2) is 0 Å². The molecule has 8 nitrogen and oxygen atoms in total. The molecule has 0 saturated heterocycles. The van der Waals surface area contributed by atoms with E-state index in [1.165, 1.54) is 14.0 Å². The zero-order valence-corrected chi connectivity index (χ0v) is 10.7. The summed E-state index contributed by atoms with van der Waals surface area (Å²) in [7, 11) is -1.53. The van der Waals surface area contributed by atoms with Crippen LogP contribution in [0.5, 0.6) is 0 Å². The van der Waals surface area contributed by atoms with Crippen LogP contribution in [-0.2, 0) is 24.5 Å². The Morgan fingerprint density at radius 3 is 2.41 bits per heavy atom. The fraction of sp³-hybridized carbons (Fsp3) is 0.750. The monoisotopic (exact) mass is 268 g/mol. The van der Waals surface area contributed by atoms with Gasteiger partial charge in [0.05, 0.1) is 13.5 Å². The van der Waals surface area contributed by atoms with Crippen LogP contribution in [0.2, 0.25) is 0 Å². The molecule has 2 N–H and O–H groups in total. The highest BCUT2D eigenvalue weighted by molar-refractivity contribution is 7.87. The molecule has 0 bridgehead atoms. The number of ether oxygens (including phenoxy) is 1. The quantitative estimate of drug-likeness (QED) is 0.560. The number of hydrogen-bond donors (Lipinski definition) is 2. The number of carboxylic acids is 1. The Morgan fingerprint density at radius 1 is 1.47 bits per heavy atom. The van der Waals surface area contributed by atoms with Crippen molar-refractivity contribution in [3.05, 3.63) is 0 Å². The van der Waals surface area contributed by atoms with Crippen LogP contribution in [0.1, 0.15) is 13.3 Å². The van der Waals surface area contributed by atoms with E-state index in [0.717, 1.165) is 11.4 Å². The van der Waals surface area contributed by atoms with Crippen molar-refractivity contribution < 1.29 is 27.9 Å². The number of nitrogens with zero attached hydrogens (tertiary/aromatic N) is 1. The van der Waals surface area contributed by atoms with Crippen molar-refractivity contribution in [1.82, 2.24) is 9.03 Å². The first kappa shape index (κ1) is 15.8. The van der Waals surface area contributed by atoms with E-state index in [9.17, 15) is 18.0 Å². The minimum atomic E-state index is -3.89. The molecule has 0 amide bonds. The average Bonchev–Trinajstić information content (AvgIpc) is 2.23. The Labute approximate surface area is 99.7 Å². The third-order valence-electron chi connectivity index (χ3n) is 1.93. The lowest BCUT2D eigenvalue weighted by molar-refractivity contribution is -0.142. The van der Waals surface area contributed by atoms with Crippen molar-refractivity contribution in [3.8, 4) is 0 Å². The summed E-state index contributed by atoms with van der Waals surface area (Å²) in [6, 6.07) is -1.03. The van der Waals surface area contributed by atoms with Gasteiger partial charge in [0.15, 0.2) is 0 Å². The number of nitrogens with one attached hydrogen (secondary N) is 1. The maximum atomic E-state index is 11.6. The Balaban J connectivity index is 4.46. The predicted octanol–water partition coefficient (Wildman–Crippen LogP) is -1.21. The maximum absolute atomic E-state index is 11.6. The molecule has 0 aliphatic carbocycles. The molecule has 9 heteroatoms. The second kappa shape index (κ2) is 6.52. The molecule has 0 rings (SSSR count). The van der Waals surface area contributed by atoms with Crippen LogP contribution in [0.3, 0.4) is 0 Å². The van der Waals surface area contributed by atoms with Gasteiger partial charge in [-0.1, -0.05) is 0 Å². The molecule has 0 aromatic heterocycles. The van der Waals surface area contributed by atoms with Crippen molar-refractivity contribution >= 4 is 22.1 Å². The fourth-order valence-corrected chi connectivity index (χ4v) is 1.97. The van der Waals surface area contributed by atoms with Gasteiger partial charge < -0.3 is 9.84 Å². The molecular formula is C8H16N2O6S. The molecule has 0 spiro atoms. The van der Waals surface area contributed by atoms with Gasteiger partial charge in [-0.15, -0.1) is 0 Å². The predicted molar refractivity (Wildman–Crippen MR) is 58.4 cm³/mol. The van der Waals surface area contributed by atoms with E-state index in [1.807, 2.05) is 0 Å². The largest absolute Gasteiger partial charge is 0.481 e. The lowest BCUT2D eigenvalue weighted by Crippen LogP contribution is -2.46. The number of rotatable bonds is 7. The van der Waals surface area contributed by atoms with E-state index < -0.39 is 28.2 Å². The number of carboxylic acid groups (broad SMARTS) is 1. The van der Waals surface area contributed by atoms with Gasteiger partial charge in [-0.25, -0.2) is 0 Å². The molecule has 0 radical (unpaired) electrons.